The van der Waals surface area contributed by atoms with Crippen LogP contribution in [0.15, 0.2) is 78.0 Å². The van der Waals surface area contributed by atoms with Crippen LogP contribution in [-0.2, 0) is 5.75 Å². The van der Waals surface area contributed by atoms with Gasteiger partial charge in [-0.1, -0.05) is 54.2 Å². The fraction of sp³-hybridized carbons (Fsp3) is 0.200. The summed E-state index contributed by atoms with van der Waals surface area (Å²) in [6.07, 6.45) is 0. The highest BCUT2D eigenvalue weighted by molar-refractivity contribution is 7.98. The third-order valence-electron chi connectivity index (χ3n) is 5.77. The van der Waals surface area contributed by atoms with Crippen LogP contribution in [0.4, 0.5) is 5.69 Å². The third kappa shape index (κ3) is 4.16. The van der Waals surface area contributed by atoms with E-state index in [0.717, 1.165) is 33.0 Å². The van der Waals surface area contributed by atoms with Gasteiger partial charge in [0.05, 0.1) is 16.7 Å². The van der Waals surface area contributed by atoms with Crippen LogP contribution in [0.25, 0.3) is 11.0 Å². The Morgan fingerprint density at radius 3 is 2.47 bits per heavy atom. The molecule has 0 radical (unpaired) electrons. The van der Waals surface area contributed by atoms with Crippen LogP contribution in [0.1, 0.15) is 15.9 Å². The van der Waals surface area contributed by atoms with Crippen LogP contribution in [0.2, 0.25) is 0 Å². The first kappa shape index (κ1) is 20.5. The molecular weight excluding hydrogens is 420 g/mol. The molecule has 6 nitrogen and oxygen atoms in total. The molecule has 32 heavy (non-hydrogen) atoms. The standard InChI is InChI=1S/C25H24N4O2S/c30-23-12-6-5-11-22(23)28-13-15-29(16-14-28)24(31)19-8-2-1-7-18(19)17-32-25-26-20-9-3-4-10-21(20)27-25/h1-12,30H,13-17H2,(H,26,27). The van der Waals surface area contributed by atoms with Gasteiger partial charge in [0, 0.05) is 37.5 Å². The molecular formula is C25H24N4O2S. The molecule has 0 bridgehead atoms. The molecule has 1 amide bonds. The number of aromatic amines is 1. The predicted octanol–water partition coefficient (Wildman–Crippen LogP) is 4.52. The minimum Gasteiger partial charge on any atom is -0.506 e. The number of phenols is 1. The monoisotopic (exact) mass is 444 g/mol. The number of rotatable bonds is 5. The second kappa shape index (κ2) is 8.96. The lowest BCUT2D eigenvalue weighted by molar-refractivity contribution is 0.0746. The lowest BCUT2D eigenvalue weighted by Gasteiger charge is -2.36. The van der Waals surface area contributed by atoms with Crippen molar-refractivity contribution in [3.05, 3.63) is 83.9 Å². The van der Waals surface area contributed by atoms with Gasteiger partial charge in [0.2, 0.25) is 0 Å². The van der Waals surface area contributed by atoms with Crippen molar-refractivity contribution in [3.63, 3.8) is 0 Å². The average molecular weight is 445 g/mol. The highest BCUT2D eigenvalue weighted by Crippen LogP contribution is 2.28. The molecule has 4 aromatic rings. The Morgan fingerprint density at radius 2 is 1.66 bits per heavy atom. The molecule has 2 N–H and O–H groups in total. The number of phenolic OH excluding ortho intramolecular Hbond substituents is 1. The Balaban J connectivity index is 1.26. The maximum absolute atomic E-state index is 13.3. The molecule has 1 aromatic heterocycles. The van der Waals surface area contributed by atoms with Gasteiger partial charge in [0.15, 0.2) is 5.16 Å². The number of fused-ring (bicyclic) bond motifs is 1. The summed E-state index contributed by atoms with van der Waals surface area (Å²) in [5, 5.41) is 11.0. The largest absolute Gasteiger partial charge is 0.506 e. The van der Waals surface area contributed by atoms with Gasteiger partial charge in [-0.2, -0.15) is 0 Å². The van der Waals surface area contributed by atoms with Gasteiger partial charge in [0.25, 0.3) is 5.91 Å². The number of carbonyl (C=O) groups is 1. The molecule has 7 heteroatoms. The minimum atomic E-state index is 0.0581. The molecule has 1 fully saturated rings. The van der Waals surface area contributed by atoms with Gasteiger partial charge in [-0.25, -0.2) is 4.98 Å². The smallest absolute Gasteiger partial charge is 0.254 e. The van der Waals surface area contributed by atoms with E-state index in [2.05, 4.69) is 14.9 Å². The summed E-state index contributed by atoms with van der Waals surface area (Å²) in [6, 6.07) is 23.1. The van der Waals surface area contributed by atoms with E-state index < -0.39 is 0 Å². The molecule has 0 unspecified atom stereocenters. The van der Waals surface area contributed by atoms with E-state index in [1.54, 1.807) is 17.8 Å². The van der Waals surface area contributed by atoms with Crippen LogP contribution < -0.4 is 4.90 Å². The fourth-order valence-corrected chi connectivity index (χ4v) is 4.94. The van der Waals surface area contributed by atoms with E-state index >= 15 is 0 Å². The maximum Gasteiger partial charge on any atom is 0.254 e. The molecule has 5 rings (SSSR count). The minimum absolute atomic E-state index is 0.0581. The Labute approximate surface area is 190 Å². The third-order valence-corrected chi connectivity index (χ3v) is 6.69. The second-order valence-corrected chi connectivity index (χ2v) is 8.74. The molecule has 0 saturated carbocycles. The number of hydrogen-bond donors (Lipinski definition) is 2. The Kier molecular flexibility index (Phi) is 5.73. The summed E-state index contributed by atoms with van der Waals surface area (Å²) < 4.78 is 0. The average Bonchev–Trinajstić information content (AvgIpc) is 3.26. The van der Waals surface area contributed by atoms with Crippen molar-refractivity contribution in [3.8, 4) is 5.75 Å². The molecule has 3 aromatic carbocycles. The highest BCUT2D eigenvalue weighted by Gasteiger charge is 2.24. The molecule has 162 valence electrons. The fourth-order valence-electron chi connectivity index (χ4n) is 4.05. The van der Waals surface area contributed by atoms with Gasteiger partial charge in [-0.05, 0) is 35.9 Å². The van der Waals surface area contributed by atoms with Gasteiger partial charge >= 0.3 is 0 Å². The van der Waals surface area contributed by atoms with Crippen molar-refractivity contribution >= 4 is 34.4 Å². The summed E-state index contributed by atoms with van der Waals surface area (Å²) in [5.74, 6) is 1.00. The van der Waals surface area contributed by atoms with Gasteiger partial charge in [0.1, 0.15) is 5.75 Å². The van der Waals surface area contributed by atoms with Crippen molar-refractivity contribution in [2.24, 2.45) is 0 Å². The molecule has 1 aliphatic heterocycles. The molecule has 0 aliphatic carbocycles. The SMILES string of the molecule is O=C(c1ccccc1CSc1nc2ccccc2[nH]1)N1CCN(c2ccccc2O)CC1. The van der Waals surface area contributed by atoms with Crippen molar-refractivity contribution < 1.29 is 9.90 Å². The Bertz CT molecular complexity index is 1210. The van der Waals surface area contributed by atoms with Gasteiger partial charge in [-0.15, -0.1) is 0 Å². The van der Waals surface area contributed by atoms with Crippen LogP contribution in [0, 0.1) is 0 Å². The number of anilines is 1. The lowest BCUT2D eigenvalue weighted by atomic mass is 10.1. The zero-order chi connectivity index (χ0) is 21.9. The highest BCUT2D eigenvalue weighted by atomic mass is 32.2. The van der Waals surface area contributed by atoms with Crippen molar-refractivity contribution in [1.29, 1.82) is 0 Å². The molecule has 1 saturated heterocycles. The first-order chi connectivity index (χ1) is 15.7. The number of H-pyrrole nitrogens is 1. The number of aromatic hydroxyl groups is 1. The number of para-hydroxylation sites is 4. The van der Waals surface area contributed by atoms with E-state index in [9.17, 15) is 9.90 Å². The number of hydrogen-bond acceptors (Lipinski definition) is 5. The van der Waals surface area contributed by atoms with Gasteiger partial charge < -0.3 is 19.9 Å². The molecule has 1 aliphatic rings. The first-order valence-electron chi connectivity index (χ1n) is 10.7. The second-order valence-electron chi connectivity index (χ2n) is 7.77. The number of nitrogens with zero attached hydrogens (tertiary/aromatic N) is 3. The number of aromatic nitrogens is 2. The normalized spacial score (nSPS) is 14.1. The lowest BCUT2D eigenvalue weighted by Crippen LogP contribution is -2.49. The number of imidazole rings is 1. The summed E-state index contributed by atoms with van der Waals surface area (Å²) >= 11 is 1.60. The quantitative estimate of drug-likeness (QED) is 0.443. The summed E-state index contributed by atoms with van der Waals surface area (Å²) in [4.78, 5) is 25.3. The van der Waals surface area contributed by atoms with E-state index in [1.807, 2.05) is 71.6 Å². The summed E-state index contributed by atoms with van der Waals surface area (Å²) in [5.41, 5.74) is 4.53. The van der Waals surface area contributed by atoms with Crippen LogP contribution in [-0.4, -0.2) is 52.1 Å². The number of benzene rings is 3. The number of carbonyl (C=O) groups excluding carboxylic acids is 1. The zero-order valence-corrected chi connectivity index (χ0v) is 18.4. The van der Waals surface area contributed by atoms with E-state index in [1.165, 1.54) is 0 Å². The Hall–Kier alpha value is -3.45. The van der Waals surface area contributed by atoms with Gasteiger partial charge in [-0.3, -0.25) is 4.79 Å². The summed E-state index contributed by atoms with van der Waals surface area (Å²) in [6.45, 7) is 2.63. The van der Waals surface area contributed by atoms with Crippen molar-refractivity contribution in [2.45, 2.75) is 10.9 Å². The van der Waals surface area contributed by atoms with Crippen LogP contribution >= 0.6 is 11.8 Å². The maximum atomic E-state index is 13.3. The van der Waals surface area contributed by atoms with Crippen LogP contribution in [0.3, 0.4) is 0 Å². The zero-order valence-electron chi connectivity index (χ0n) is 17.6. The van der Waals surface area contributed by atoms with E-state index in [0.29, 0.717) is 31.9 Å². The molecule has 0 atom stereocenters. The molecule has 2 heterocycles. The van der Waals surface area contributed by atoms with E-state index in [4.69, 9.17) is 0 Å². The number of nitrogens with one attached hydrogen (secondary N) is 1. The van der Waals surface area contributed by atoms with Crippen molar-refractivity contribution in [1.82, 2.24) is 14.9 Å². The summed E-state index contributed by atoms with van der Waals surface area (Å²) in [7, 11) is 0. The molecule has 0 spiro atoms. The van der Waals surface area contributed by atoms with E-state index in [-0.39, 0.29) is 11.7 Å². The van der Waals surface area contributed by atoms with Crippen LogP contribution in [0.5, 0.6) is 5.75 Å². The van der Waals surface area contributed by atoms with Crippen molar-refractivity contribution in [2.75, 3.05) is 31.1 Å². The Morgan fingerprint density at radius 1 is 0.938 bits per heavy atom. The number of amides is 1. The first-order valence-corrected chi connectivity index (χ1v) is 11.7. The topological polar surface area (TPSA) is 72.5 Å². The number of thioether (sulfide) groups is 1. The number of piperazine rings is 1. The predicted molar refractivity (Wildman–Crippen MR) is 128 cm³/mol.